The van der Waals surface area contributed by atoms with Crippen molar-refractivity contribution in [3.05, 3.63) is 29.3 Å². The van der Waals surface area contributed by atoms with Gasteiger partial charge < -0.3 is 10.2 Å². The predicted molar refractivity (Wildman–Crippen MR) is 63.4 cm³/mol. The summed E-state index contributed by atoms with van der Waals surface area (Å²) in [5.74, 6) is 0. The first-order chi connectivity index (χ1) is 7.86. The number of nitrogens with zero attached hydrogens (tertiary/aromatic N) is 1. The molecule has 5 heteroatoms. The number of nitrogens with one attached hydrogen (secondary N) is 1. The van der Waals surface area contributed by atoms with Crippen LogP contribution in [0.3, 0.4) is 0 Å². The summed E-state index contributed by atoms with van der Waals surface area (Å²) in [5, 5.41) is 2.86. The number of alkyl halides is 3. The molecule has 0 atom stereocenters. The van der Waals surface area contributed by atoms with Crippen LogP contribution in [0.1, 0.15) is 11.1 Å². The number of halogens is 3. The molecule has 0 bridgehead atoms. The maximum atomic E-state index is 12.8. The van der Waals surface area contributed by atoms with Gasteiger partial charge in [0.25, 0.3) is 0 Å². The van der Waals surface area contributed by atoms with Crippen LogP contribution < -0.4 is 10.2 Å². The monoisotopic (exact) mass is 246 g/mol. The molecule has 0 heterocycles. The summed E-state index contributed by atoms with van der Waals surface area (Å²) < 4.78 is 38.3. The molecule has 0 aliphatic carbocycles. The lowest BCUT2D eigenvalue weighted by molar-refractivity contribution is -0.138. The van der Waals surface area contributed by atoms with Crippen LogP contribution in [0.15, 0.2) is 18.2 Å². The van der Waals surface area contributed by atoms with Crippen LogP contribution in [0.25, 0.3) is 0 Å². The second kappa shape index (κ2) is 5.40. The molecule has 0 saturated heterocycles. The highest BCUT2D eigenvalue weighted by molar-refractivity contribution is 5.50. The minimum absolute atomic E-state index is 0.332. The molecular formula is C12H17F3N2. The van der Waals surface area contributed by atoms with E-state index in [0.717, 1.165) is 11.8 Å². The first kappa shape index (κ1) is 13.8. The van der Waals surface area contributed by atoms with Crippen molar-refractivity contribution in [1.29, 1.82) is 0 Å². The van der Waals surface area contributed by atoms with E-state index in [-0.39, 0.29) is 0 Å². The topological polar surface area (TPSA) is 15.3 Å². The molecular weight excluding hydrogens is 229 g/mol. The lowest BCUT2D eigenvalue weighted by Crippen LogP contribution is -2.17. The van der Waals surface area contributed by atoms with Gasteiger partial charge in [-0.3, -0.25) is 0 Å². The number of hydrogen-bond acceptors (Lipinski definition) is 2. The van der Waals surface area contributed by atoms with Gasteiger partial charge in [-0.05, 0) is 43.8 Å². The summed E-state index contributed by atoms with van der Waals surface area (Å²) in [4.78, 5) is 1.79. The van der Waals surface area contributed by atoms with E-state index in [1.165, 1.54) is 6.07 Å². The predicted octanol–water partition coefficient (Wildman–Crippen LogP) is 2.53. The largest absolute Gasteiger partial charge is 0.416 e. The number of hydrogen-bond donors (Lipinski definition) is 1. The third-order valence-corrected chi connectivity index (χ3v) is 2.55. The van der Waals surface area contributed by atoms with Gasteiger partial charge in [0.15, 0.2) is 0 Å². The smallest absolute Gasteiger partial charge is 0.378 e. The molecule has 0 spiro atoms. The molecule has 0 aliphatic heterocycles. The van der Waals surface area contributed by atoms with Gasteiger partial charge in [0.05, 0.1) is 5.56 Å². The van der Waals surface area contributed by atoms with E-state index in [1.807, 2.05) is 14.1 Å². The lowest BCUT2D eigenvalue weighted by Gasteiger charge is -2.18. The van der Waals surface area contributed by atoms with Crippen molar-refractivity contribution in [1.82, 2.24) is 5.32 Å². The summed E-state index contributed by atoms with van der Waals surface area (Å²) >= 11 is 0. The number of anilines is 1. The zero-order valence-corrected chi connectivity index (χ0v) is 10.2. The fourth-order valence-electron chi connectivity index (χ4n) is 1.60. The van der Waals surface area contributed by atoms with Crippen LogP contribution in [-0.4, -0.2) is 27.7 Å². The van der Waals surface area contributed by atoms with Gasteiger partial charge in [0, 0.05) is 19.8 Å². The molecule has 1 aromatic rings. The quantitative estimate of drug-likeness (QED) is 0.878. The Kier molecular flexibility index (Phi) is 4.40. The Bertz CT molecular complexity index is 373. The SMILES string of the molecule is CNCCc1cc(N(C)C)ccc1C(F)(F)F. The summed E-state index contributed by atoms with van der Waals surface area (Å²) in [6.45, 7) is 0.528. The van der Waals surface area contributed by atoms with Gasteiger partial charge in [0.1, 0.15) is 0 Å². The Hall–Kier alpha value is -1.23. The first-order valence-electron chi connectivity index (χ1n) is 5.38. The Labute approximate surface area is 99.4 Å². The normalized spacial score (nSPS) is 11.6. The molecule has 2 nitrogen and oxygen atoms in total. The highest BCUT2D eigenvalue weighted by Gasteiger charge is 2.33. The Balaban J connectivity index is 3.12. The van der Waals surface area contributed by atoms with Gasteiger partial charge in [-0.1, -0.05) is 0 Å². The Morgan fingerprint density at radius 2 is 1.88 bits per heavy atom. The van der Waals surface area contributed by atoms with Crippen LogP contribution in [-0.2, 0) is 12.6 Å². The third kappa shape index (κ3) is 3.63. The maximum absolute atomic E-state index is 12.8. The van der Waals surface area contributed by atoms with Crippen molar-refractivity contribution in [3.8, 4) is 0 Å². The van der Waals surface area contributed by atoms with Gasteiger partial charge in [-0.25, -0.2) is 0 Å². The van der Waals surface area contributed by atoms with Crippen molar-refractivity contribution < 1.29 is 13.2 Å². The highest BCUT2D eigenvalue weighted by atomic mass is 19.4. The second-order valence-electron chi connectivity index (χ2n) is 4.09. The molecule has 0 aromatic heterocycles. The zero-order valence-electron chi connectivity index (χ0n) is 10.2. The van der Waals surface area contributed by atoms with E-state index in [4.69, 9.17) is 0 Å². The van der Waals surface area contributed by atoms with Crippen molar-refractivity contribution in [2.45, 2.75) is 12.6 Å². The molecule has 1 aromatic carbocycles. The minimum Gasteiger partial charge on any atom is -0.378 e. The fourth-order valence-corrected chi connectivity index (χ4v) is 1.60. The lowest BCUT2D eigenvalue weighted by atomic mass is 10.0. The van der Waals surface area contributed by atoms with E-state index in [0.29, 0.717) is 18.5 Å². The van der Waals surface area contributed by atoms with E-state index < -0.39 is 11.7 Å². The van der Waals surface area contributed by atoms with Crippen LogP contribution in [0, 0.1) is 0 Å². The number of benzene rings is 1. The van der Waals surface area contributed by atoms with Crippen molar-refractivity contribution in [3.63, 3.8) is 0 Å². The number of likely N-dealkylation sites (N-methyl/N-ethyl adjacent to an activating group) is 1. The molecule has 0 amide bonds. The number of rotatable bonds is 4. The van der Waals surface area contributed by atoms with Crippen molar-refractivity contribution in [2.75, 3.05) is 32.6 Å². The molecule has 0 aliphatic rings. The van der Waals surface area contributed by atoms with Crippen molar-refractivity contribution >= 4 is 5.69 Å². The fraction of sp³-hybridized carbons (Fsp3) is 0.500. The van der Waals surface area contributed by atoms with Crippen LogP contribution in [0.2, 0.25) is 0 Å². The standard InChI is InChI=1S/C12H17F3N2/c1-16-7-6-9-8-10(17(2)3)4-5-11(9)12(13,14)15/h4-5,8,16H,6-7H2,1-3H3. The first-order valence-corrected chi connectivity index (χ1v) is 5.38. The summed E-state index contributed by atoms with van der Waals surface area (Å²) in [6.07, 6.45) is -3.92. The van der Waals surface area contributed by atoms with Crippen LogP contribution in [0.4, 0.5) is 18.9 Å². The summed E-state index contributed by atoms with van der Waals surface area (Å²) in [6, 6.07) is 4.24. The molecule has 1 N–H and O–H groups in total. The van der Waals surface area contributed by atoms with Crippen LogP contribution in [0.5, 0.6) is 0 Å². The zero-order chi connectivity index (χ0) is 13.1. The molecule has 0 unspecified atom stereocenters. The second-order valence-corrected chi connectivity index (χ2v) is 4.09. The Morgan fingerprint density at radius 1 is 1.24 bits per heavy atom. The minimum atomic E-state index is -4.28. The maximum Gasteiger partial charge on any atom is 0.416 e. The molecule has 0 radical (unpaired) electrons. The highest BCUT2D eigenvalue weighted by Crippen LogP contribution is 2.33. The van der Waals surface area contributed by atoms with E-state index in [9.17, 15) is 13.2 Å². The molecule has 1 rings (SSSR count). The van der Waals surface area contributed by atoms with E-state index in [2.05, 4.69) is 5.32 Å². The van der Waals surface area contributed by atoms with E-state index >= 15 is 0 Å². The van der Waals surface area contributed by atoms with Crippen LogP contribution >= 0.6 is 0 Å². The van der Waals surface area contributed by atoms with Gasteiger partial charge >= 0.3 is 6.18 Å². The van der Waals surface area contributed by atoms with Gasteiger partial charge in [-0.15, -0.1) is 0 Å². The average molecular weight is 246 g/mol. The third-order valence-electron chi connectivity index (χ3n) is 2.55. The molecule has 0 saturated carbocycles. The summed E-state index contributed by atoms with van der Waals surface area (Å²) in [7, 11) is 5.35. The average Bonchev–Trinajstić information content (AvgIpc) is 2.24. The summed E-state index contributed by atoms with van der Waals surface area (Å²) in [5.41, 5.74) is 0.570. The molecule has 17 heavy (non-hydrogen) atoms. The molecule has 0 fully saturated rings. The van der Waals surface area contributed by atoms with Gasteiger partial charge in [-0.2, -0.15) is 13.2 Å². The van der Waals surface area contributed by atoms with Crippen molar-refractivity contribution in [2.24, 2.45) is 0 Å². The van der Waals surface area contributed by atoms with Gasteiger partial charge in [0.2, 0.25) is 0 Å². The molecule has 96 valence electrons. The Morgan fingerprint density at radius 3 is 2.35 bits per heavy atom. The van der Waals surface area contributed by atoms with E-state index in [1.54, 1.807) is 18.0 Å².